The molecule has 90 valence electrons. The summed E-state index contributed by atoms with van der Waals surface area (Å²) in [6, 6.07) is 3.56. The molecule has 2 atom stereocenters. The van der Waals surface area contributed by atoms with Gasteiger partial charge in [0.15, 0.2) is 5.76 Å². The molecule has 2 heterocycles. The number of furan rings is 1. The number of hydrogen-bond donors (Lipinski definition) is 1. The molecule has 5 heteroatoms. The zero-order chi connectivity index (χ0) is 11.7. The van der Waals surface area contributed by atoms with Crippen LogP contribution in [0.25, 0.3) is 11.6 Å². The lowest BCUT2D eigenvalue weighted by Gasteiger charge is -2.23. The largest absolute Gasteiger partial charge is 0.461 e. The number of aromatic nitrogens is 2. The second-order valence-corrected chi connectivity index (χ2v) is 4.39. The van der Waals surface area contributed by atoms with Crippen LogP contribution in [0, 0.1) is 0 Å². The van der Waals surface area contributed by atoms with Crippen molar-refractivity contribution in [1.82, 2.24) is 10.1 Å². The van der Waals surface area contributed by atoms with E-state index in [-0.39, 0.29) is 12.0 Å². The molecule has 0 bridgehead atoms. The van der Waals surface area contributed by atoms with E-state index in [2.05, 4.69) is 10.1 Å². The first-order valence-corrected chi connectivity index (χ1v) is 5.90. The number of nitrogens with zero attached hydrogens (tertiary/aromatic N) is 2. The van der Waals surface area contributed by atoms with Crippen LogP contribution in [-0.4, -0.2) is 21.4 Å². The summed E-state index contributed by atoms with van der Waals surface area (Å²) in [4.78, 5) is 4.30. The van der Waals surface area contributed by atoms with Crippen molar-refractivity contribution in [3.63, 3.8) is 0 Å². The van der Waals surface area contributed by atoms with Crippen LogP contribution in [0.5, 0.6) is 0 Å². The van der Waals surface area contributed by atoms with Crippen molar-refractivity contribution in [2.24, 2.45) is 0 Å². The highest BCUT2D eigenvalue weighted by atomic mass is 16.5. The summed E-state index contributed by atoms with van der Waals surface area (Å²) in [5.41, 5.74) is 0. The molecular weight excluding hydrogens is 220 g/mol. The van der Waals surface area contributed by atoms with E-state index in [4.69, 9.17) is 8.94 Å². The Labute approximate surface area is 98.4 Å². The van der Waals surface area contributed by atoms with Crippen molar-refractivity contribution in [3.8, 4) is 11.6 Å². The second-order valence-electron chi connectivity index (χ2n) is 4.39. The van der Waals surface area contributed by atoms with E-state index in [1.54, 1.807) is 18.4 Å². The topological polar surface area (TPSA) is 72.3 Å². The molecule has 1 saturated carbocycles. The molecule has 0 aromatic carbocycles. The first kappa shape index (κ1) is 10.5. The Kier molecular flexibility index (Phi) is 2.68. The van der Waals surface area contributed by atoms with Gasteiger partial charge in [-0.15, -0.1) is 0 Å². The number of hydrogen-bond acceptors (Lipinski definition) is 5. The number of aliphatic hydroxyl groups excluding tert-OH is 1. The van der Waals surface area contributed by atoms with Gasteiger partial charge in [0.25, 0.3) is 0 Å². The second kappa shape index (κ2) is 4.33. The van der Waals surface area contributed by atoms with Crippen LogP contribution in [0.15, 0.2) is 27.3 Å². The van der Waals surface area contributed by atoms with E-state index >= 15 is 0 Å². The average molecular weight is 234 g/mol. The molecule has 0 radical (unpaired) electrons. The molecule has 17 heavy (non-hydrogen) atoms. The Bertz CT molecular complexity index is 478. The third kappa shape index (κ3) is 1.98. The van der Waals surface area contributed by atoms with Crippen LogP contribution in [0.1, 0.15) is 37.5 Å². The Hall–Kier alpha value is -1.62. The predicted octanol–water partition coefficient (Wildman–Crippen LogP) is 2.35. The fraction of sp³-hybridized carbons (Fsp3) is 0.500. The van der Waals surface area contributed by atoms with Gasteiger partial charge in [-0.1, -0.05) is 18.0 Å². The molecule has 2 unspecified atom stereocenters. The minimum atomic E-state index is -0.367. The van der Waals surface area contributed by atoms with Crippen molar-refractivity contribution in [2.75, 3.05) is 0 Å². The summed E-state index contributed by atoms with van der Waals surface area (Å²) in [5.74, 6) is 1.52. The lowest BCUT2D eigenvalue weighted by Crippen LogP contribution is -2.22. The fourth-order valence-electron chi connectivity index (χ4n) is 2.29. The standard InChI is InChI=1S/C12H14N2O3/c15-9-5-2-1-4-8(9)12-13-11(14-17-12)10-6-3-7-16-10/h3,6-9,15H,1-2,4-5H2. The van der Waals surface area contributed by atoms with Crippen LogP contribution < -0.4 is 0 Å². The van der Waals surface area contributed by atoms with Crippen molar-refractivity contribution in [1.29, 1.82) is 0 Å². The van der Waals surface area contributed by atoms with Gasteiger partial charge in [-0.2, -0.15) is 4.98 Å². The highest BCUT2D eigenvalue weighted by Gasteiger charge is 2.29. The Morgan fingerprint density at radius 2 is 2.18 bits per heavy atom. The predicted molar refractivity (Wildman–Crippen MR) is 59.2 cm³/mol. The smallest absolute Gasteiger partial charge is 0.238 e. The van der Waals surface area contributed by atoms with Gasteiger partial charge in [-0.25, -0.2) is 0 Å². The van der Waals surface area contributed by atoms with Crippen LogP contribution in [0.4, 0.5) is 0 Å². The molecule has 1 aliphatic carbocycles. The maximum atomic E-state index is 9.91. The zero-order valence-electron chi connectivity index (χ0n) is 9.37. The highest BCUT2D eigenvalue weighted by Crippen LogP contribution is 2.32. The number of rotatable bonds is 2. The molecule has 1 aliphatic rings. The lowest BCUT2D eigenvalue weighted by molar-refractivity contribution is 0.0908. The van der Waals surface area contributed by atoms with E-state index in [0.29, 0.717) is 17.5 Å². The zero-order valence-corrected chi connectivity index (χ0v) is 9.37. The summed E-state index contributed by atoms with van der Waals surface area (Å²) >= 11 is 0. The molecule has 5 nitrogen and oxygen atoms in total. The van der Waals surface area contributed by atoms with Gasteiger partial charge in [-0.3, -0.25) is 0 Å². The van der Waals surface area contributed by atoms with E-state index in [0.717, 1.165) is 25.7 Å². The molecule has 0 spiro atoms. The quantitative estimate of drug-likeness (QED) is 0.863. The maximum absolute atomic E-state index is 9.91. The highest BCUT2D eigenvalue weighted by molar-refractivity contribution is 5.44. The lowest BCUT2D eigenvalue weighted by atomic mass is 9.86. The van der Waals surface area contributed by atoms with Crippen molar-refractivity contribution in [2.45, 2.75) is 37.7 Å². The Morgan fingerprint density at radius 1 is 1.29 bits per heavy atom. The van der Waals surface area contributed by atoms with Gasteiger partial charge in [0, 0.05) is 0 Å². The van der Waals surface area contributed by atoms with Crippen LogP contribution in [0.2, 0.25) is 0 Å². The van der Waals surface area contributed by atoms with Crippen LogP contribution >= 0.6 is 0 Å². The molecule has 1 N–H and O–H groups in total. The minimum absolute atomic E-state index is 0.0278. The third-order valence-electron chi connectivity index (χ3n) is 3.23. The summed E-state index contributed by atoms with van der Waals surface area (Å²) in [6.07, 6.45) is 5.08. The van der Waals surface area contributed by atoms with Gasteiger partial charge in [0.2, 0.25) is 11.7 Å². The minimum Gasteiger partial charge on any atom is -0.461 e. The van der Waals surface area contributed by atoms with Crippen LogP contribution in [-0.2, 0) is 0 Å². The Morgan fingerprint density at radius 3 is 2.94 bits per heavy atom. The monoisotopic (exact) mass is 234 g/mol. The molecule has 1 fully saturated rings. The van der Waals surface area contributed by atoms with Crippen molar-refractivity contribution in [3.05, 3.63) is 24.3 Å². The van der Waals surface area contributed by atoms with Gasteiger partial charge in [0.1, 0.15) is 0 Å². The molecule has 3 rings (SSSR count). The van der Waals surface area contributed by atoms with Gasteiger partial charge >= 0.3 is 0 Å². The van der Waals surface area contributed by atoms with Crippen LogP contribution in [0.3, 0.4) is 0 Å². The summed E-state index contributed by atoms with van der Waals surface area (Å²) in [6.45, 7) is 0. The normalized spacial score (nSPS) is 25.0. The van der Waals surface area contributed by atoms with E-state index in [9.17, 15) is 5.11 Å². The third-order valence-corrected chi connectivity index (χ3v) is 3.23. The molecule has 2 aromatic heterocycles. The van der Waals surface area contributed by atoms with E-state index in [1.165, 1.54) is 0 Å². The van der Waals surface area contributed by atoms with Crippen molar-refractivity contribution < 1.29 is 14.0 Å². The number of aliphatic hydroxyl groups is 1. The van der Waals surface area contributed by atoms with Gasteiger partial charge in [-0.05, 0) is 25.0 Å². The SMILES string of the molecule is OC1CCCCC1c1nc(-c2ccco2)no1. The summed E-state index contributed by atoms with van der Waals surface area (Å²) < 4.78 is 10.4. The average Bonchev–Trinajstić information content (AvgIpc) is 3.00. The maximum Gasteiger partial charge on any atom is 0.238 e. The van der Waals surface area contributed by atoms with E-state index in [1.807, 2.05) is 0 Å². The van der Waals surface area contributed by atoms with E-state index < -0.39 is 0 Å². The van der Waals surface area contributed by atoms with Gasteiger partial charge < -0.3 is 14.0 Å². The summed E-state index contributed by atoms with van der Waals surface area (Å²) in [7, 11) is 0. The summed E-state index contributed by atoms with van der Waals surface area (Å²) in [5, 5.41) is 13.8. The first-order chi connectivity index (χ1) is 8.34. The molecule has 0 aliphatic heterocycles. The molecule has 2 aromatic rings. The molecule has 0 amide bonds. The van der Waals surface area contributed by atoms with Crippen molar-refractivity contribution >= 4 is 0 Å². The Balaban J connectivity index is 1.84. The fourth-order valence-corrected chi connectivity index (χ4v) is 2.29. The first-order valence-electron chi connectivity index (χ1n) is 5.90. The molecular formula is C12H14N2O3. The molecule has 0 saturated heterocycles. The van der Waals surface area contributed by atoms with Gasteiger partial charge in [0.05, 0.1) is 18.3 Å².